The van der Waals surface area contributed by atoms with E-state index in [1.807, 2.05) is 0 Å². The summed E-state index contributed by atoms with van der Waals surface area (Å²) in [5, 5.41) is 8.25. The maximum atomic E-state index is 8.25. The maximum absolute atomic E-state index is 8.25. The molecule has 4 heteroatoms. The molecule has 0 aromatic carbocycles. The zero-order valence-corrected chi connectivity index (χ0v) is 5.91. The Hall–Kier alpha value is -0.610. The van der Waals surface area contributed by atoms with E-state index >= 15 is 0 Å². The molecular weight excluding hydrogens is 134 g/mol. The van der Waals surface area contributed by atoms with Crippen LogP contribution in [0.4, 0.5) is 0 Å². The summed E-state index contributed by atoms with van der Waals surface area (Å²) in [5.74, 6) is 0. The van der Waals surface area contributed by atoms with E-state index < -0.39 is 6.47 Å². The van der Waals surface area contributed by atoms with E-state index in [1.165, 1.54) is 0 Å². The molecule has 60 valence electrons. The van der Waals surface area contributed by atoms with Crippen molar-refractivity contribution in [3.8, 4) is 0 Å². The molecule has 0 radical (unpaired) electrons. The van der Waals surface area contributed by atoms with Gasteiger partial charge in [0.2, 0.25) is 0 Å². The lowest BCUT2D eigenvalue weighted by atomic mass is 10.1. The Kier molecular flexibility index (Phi) is 6.11. The van der Waals surface area contributed by atoms with Crippen molar-refractivity contribution in [1.29, 1.82) is 0 Å². The van der Waals surface area contributed by atoms with Crippen LogP contribution in [0.5, 0.6) is 0 Å². The van der Waals surface area contributed by atoms with Crippen molar-refractivity contribution in [2.24, 2.45) is 0 Å². The largest absolute Gasteiger partial charge is 0.554 e. The average Bonchev–Trinajstić information content (AvgIpc) is 1.91. The third kappa shape index (κ3) is 5.53. The summed E-state index contributed by atoms with van der Waals surface area (Å²) in [4.78, 5) is 8.25. The fraction of sp³-hybridized carbons (Fsp3) is 0.833. The molecule has 1 fully saturated rings. The van der Waals surface area contributed by atoms with Gasteiger partial charge in [-0.05, 0) is 0 Å². The molecule has 1 rings (SSSR count). The Labute approximate surface area is 60.0 Å². The minimum atomic E-state index is -0.500. The van der Waals surface area contributed by atoms with Gasteiger partial charge >= 0.3 is 0 Å². The highest BCUT2D eigenvalue weighted by Gasteiger charge is 2.09. The predicted molar refractivity (Wildman–Crippen MR) is 32.8 cm³/mol. The summed E-state index contributed by atoms with van der Waals surface area (Å²) in [6.45, 7) is 1.35. The maximum Gasteiger partial charge on any atom is 0.0888 e. The van der Waals surface area contributed by atoms with Crippen LogP contribution in [0.25, 0.3) is 0 Å². The molecule has 0 aromatic rings. The fourth-order valence-corrected chi connectivity index (χ4v) is 0.746. The van der Waals surface area contributed by atoms with E-state index in [4.69, 9.17) is 14.6 Å². The lowest BCUT2D eigenvalue weighted by Crippen LogP contribution is -2.62. The van der Waals surface area contributed by atoms with Gasteiger partial charge in [-0.15, -0.1) is 0 Å². The first-order chi connectivity index (χ1) is 4.81. The lowest BCUT2D eigenvalue weighted by molar-refractivity contribution is -0.429. The Morgan fingerprint density at radius 3 is 2.10 bits per heavy atom. The van der Waals surface area contributed by atoms with Gasteiger partial charge in [-0.2, -0.15) is 0 Å². The van der Waals surface area contributed by atoms with Gasteiger partial charge < -0.3 is 20.4 Å². The standard InChI is InChI=1S/C5H11NO.CH2O2/c6-5-1-3-7-4-2-5;2-1-3/h5H,1-4,6H2;1H,(H,2,3). The van der Waals surface area contributed by atoms with Gasteiger partial charge in [0.1, 0.15) is 0 Å². The van der Waals surface area contributed by atoms with Crippen LogP contribution in [-0.4, -0.2) is 25.7 Å². The molecule has 0 atom stereocenters. The molecule has 0 spiro atoms. The van der Waals surface area contributed by atoms with Crippen molar-refractivity contribution < 1.29 is 20.4 Å². The van der Waals surface area contributed by atoms with Crippen molar-refractivity contribution in [2.75, 3.05) is 13.2 Å². The molecule has 4 nitrogen and oxygen atoms in total. The number of carbonyl (C=O) groups is 1. The zero-order valence-electron chi connectivity index (χ0n) is 5.91. The van der Waals surface area contributed by atoms with Crippen LogP contribution in [0.2, 0.25) is 0 Å². The fourth-order valence-electron chi connectivity index (χ4n) is 0.746. The smallest absolute Gasteiger partial charge is 0.0888 e. The summed E-state index contributed by atoms with van der Waals surface area (Å²) in [5.41, 5.74) is 3.92. The molecule has 1 aliphatic heterocycles. The van der Waals surface area contributed by atoms with E-state index in [0.717, 1.165) is 26.1 Å². The Balaban J connectivity index is 0.000000236. The third-order valence-corrected chi connectivity index (χ3v) is 1.34. The molecule has 0 amide bonds. The topological polar surface area (TPSA) is 77.0 Å². The van der Waals surface area contributed by atoms with Crippen LogP contribution in [0.15, 0.2) is 0 Å². The first-order valence-electron chi connectivity index (χ1n) is 3.27. The van der Waals surface area contributed by atoms with Gasteiger partial charge in [-0.1, -0.05) is 0 Å². The van der Waals surface area contributed by atoms with Crippen LogP contribution in [0, 0.1) is 0 Å². The Morgan fingerprint density at radius 1 is 1.50 bits per heavy atom. The molecule has 0 saturated carbocycles. The SMILES string of the molecule is O=C[O-].[NH3+]C1CCOCC1. The second-order valence-corrected chi connectivity index (χ2v) is 2.15. The molecule has 10 heavy (non-hydrogen) atoms. The highest BCUT2D eigenvalue weighted by Crippen LogP contribution is 1.99. The first-order valence-corrected chi connectivity index (χ1v) is 3.27. The predicted octanol–water partition coefficient (Wildman–Crippen LogP) is -2.23. The molecule has 0 aromatic heterocycles. The number of carboxylic acid groups (broad SMARTS) is 1. The van der Waals surface area contributed by atoms with Gasteiger partial charge in [0.15, 0.2) is 0 Å². The summed E-state index contributed by atoms with van der Waals surface area (Å²) >= 11 is 0. The van der Waals surface area contributed by atoms with Crippen molar-refractivity contribution in [3.63, 3.8) is 0 Å². The van der Waals surface area contributed by atoms with Gasteiger partial charge in [0.05, 0.1) is 19.3 Å². The molecule has 0 unspecified atom stereocenters. The highest BCUT2D eigenvalue weighted by atomic mass is 16.5. The first kappa shape index (κ1) is 9.39. The molecule has 1 heterocycles. The van der Waals surface area contributed by atoms with Gasteiger partial charge in [-0.3, -0.25) is 0 Å². The van der Waals surface area contributed by atoms with E-state index in [-0.39, 0.29) is 0 Å². The minimum absolute atomic E-state index is 0.500. The lowest BCUT2D eigenvalue weighted by Gasteiger charge is -2.13. The van der Waals surface area contributed by atoms with Gasteiger partial charge in [0.25, 0.3) is 0 Å². The second kappa shape index (κ2) is 6.51. The van der Waals surface area contributed by atoms with E-state index in [0.29, 0.717) is 6.04 Å². The van der Waals surface area contributed by atoms with E-state index in [2.05, 4.69) is 5.73 Å². The normalized spacial score (nSPS) is 18.9. The number of hydrogen-bond donors (Lipinski definition) is 1. The molecule has 1 saturated heterocycles. The molecule has 0 aliphatic carbocycles. The van der Waals surface area contributed by atoms with E-state index in [1.54, 1.807) is 0 Å². The summed E-state index contributed by atoms with van der Waals surface area (Å²) in [6.07, 6.45) is 2.31. The number of rotatable bonds is 0. The highest BCUT2D eigenvalue weighted by molar-refractivity contribution is 5.29. The average molecular weight is 147 g/mol. The van der Waals surface area contributed by atoms with Crippen molar-refractivity contribution in [3.05, 3.63) is 0 Å². The van der Waals surface area contributed by atoms with Gasteiger partial charge in [-0.25, -0.2) is 0 Å². The van der Waals surface area contributed by atoms with Crippen molar-refractivity contribution >= 4 is 6.47 Å². The van der Waals surface area contributed by atoms with Crippen LogP contribution in [-0.2, 0) is 9.53 Å². The monoisotopic (exact) mass is 147 g/mol. The quantitative estimate of drug-likeness (QED) is 0.394. The Bertz CT molecular complexity index is 81.1. The van der Waals surface area contributed by atoms with Crippen LogP contribution < -0.4 is 10.8 Å². The second-order valence-electron chi connectivity index (χ2n) is 2.15. The van der Waals surface area contributed by atoms with Gasteiger partial charge in [0, 0.05) is 19.3 Å². The number of quaternary nitrogens is 1. The summed E-state index contributed by atoms with van der Waals surface area (Å²) in [7, 11) is 0. The van der Waals surface area contributed by atoms with Crippen LogP contribution in [0.1, 0.15) is 12.8 Å². The molecule has 0 bridgehead atoms. The molecule has 3 N–H and O–H groups in total. The number of ether oxygens (including phenoxy) is 1. The molecule has 1 aliphatic rings. The number of hydrogen-bond acceptors (Lipinski definition) is 3. The zero-order chi connectivity index (χ0) is 7.82. The summed E-state index contributed by atoms with van der Waals surface area (Å²) in [6, 6.07) is 0.661. The van der Waals surface area contributed by atoms with Crippen LogP contribution in [0.3, 0.4) is 0 Å². The Morgan fingerprint density at radius 2 is 1.90 bits per heavy atom. The molecular formula is C6H13NO3. The van der Waals surface area contributed by atoms with E-state index in [9.17, 15) is 0 Å². The minimum Gasteiger partial charge on any atom is -0.554 e. The third-order valence-electron chi connectivity index (χ3n) is 1.34. The van der Waals surface area contributed by atoms with Crippen LogP contribution >= 0.6 is 0 Å². The summed E-state index contributed by atoms with van der Waals surface area (Å²) < 4.78 is 5.10. The number of carbonyl (C=O) groups excluding carboxylic acids is 1. The van der Waals surface area contributed by atoms with Crippen molar-refractivity contribution in [1.82, 2.24) is 0 Å². The van der Waals surface area contributed by atoms with Crippen molar-refractivity contribution in [2.45, 2.75) is 18.9 Å².